The van der Waals surface area contributed by atoms with Crippen LogP contribution in [0.5, 0.6) is 0 Å². The maximum Gasteiger partial charge on any atom is 0.337 e. The molecule has 0 aliphatic carbocycles. The summed E-state index contributed by atoms with van der Waals surface area (Å²) in [5, 5.41) is 21.0. The quantitative estimate of drug-likeness (QED) is 0.185. The summed E-state index contributed by atoms with van der Waals surface area (Å²) in [6.45, 7) is 11.4. The minimum atomic E-state index is -1.15. The van der Waals surface area contributed by atoms with Crippen LogP contribution in [0.15, 0.2) is 48.5 Å². The molecule has 2 aliphatic heterocycles. The number of aliphatic carboxylic acids is 1. The van der Waals surface area contributed by atoms with Crippen molar-refractivity contribution in [3.63, 3.8) is 0 Å². The van der Waals surface area contributed by atoms with E-state index in [4.69, 9.17) is 26.1 Å². The number of H-pyrrole nitrogens is 1. The van der Waals surface area contributed by atoms with Crippen LogP contribution in [0.25, 0.3) is 42.8 Å². The van der Waals surface area contributed by atoms with E-state index in [0.717, 1.165) is 87.5 Å². The standard InChI is InChI=1S/C35H37ClN4O4S/c1-19-15-27-32(29(20-5-8-23(36)9-6-20)28(19)31(34(41)42)44-35(2,3)4)45-33(37-27)22-7-10-26-25(16-22)30(39-38-26)21-11-13-40(14-12-21)24-17-43-18-24/h5-10,15-16,21,24,31H,11-14,17-18H2,1-4H3,(H,38,39)(H,41,42). The van der Waals surface area contributed by atoms with Crippen molar-refractivity contribution in [2.75, 3.05) is 26.3 Å². The SMILES string of the molecule is Cc1cc2nc(-c3ccc4n[nH]c(C5CCN(C6COC6)CC5)c4c3)sc2c(-c2ccc(Cl)cc2)c1C(OC(C)(C)C)C(=O)O. The number of thiazole rings is 1. The third kappa shape index (κ3) is 5.88. The molecule has 10 heteroatoms. The number of nitrogens with one attached hydrogen (secondary N) is 1. The number of hydrogen-bond acceptors (Lipinski definition) is 7. The van der Waals surface area contributed by atoms with Gasteiger partial charge in [0.25, 0.3) is 0 Å². The Kier molecular flexibility index (Phi) is 7.94. The summed E-state index contributed by atoms with van der Waals surface area (Å²) in [6, 6.07) is 16.4. The fourth-order valence-electron chi connectivity index (χ4n) is 6.62. The van der Waals surface area contributed by atoms with Gasteiger partial charge in [0.2, 0.25) is 0 Å². The van der Waals surface area contributed by atoms with Crippen LogP contribution in [0.2, 0.25) is 5.02 Å². The molecular formula is C35H37ClN4O4S. The molecule has 0 amide bonds. The van der Waals surface area contributed by atoms with E-state index in [1.54, 1.807) is 11.3 Å². The second kappa shape index (κ2) is 11.8. The first-order valence-electron chi connectivity index (χ1n) is 15.5. The van der Waals surface area contributed by atoms with E-state index in [1.807, 2.05) is 58.0 Å². The predicted molar refractivity (Wildman–Crippen MR) is 179 cm³/mol. The van der Waals surface area contributed by atoms with Crippen LogP contribution < -0.4 is 0 Å². The van der Waals surface area contributed by atoms with Gasteiger partial charge in [-0.15, -0.1) is 11.3 Å². The molecule has 0 saturated carbocycles. The number of carbonyl (C=O) groups is 1. The minimum Gasteiger partial charge on any atom is -0.479 e. The molecular weight excluding hydrogens is 608 g/mol. The Bertz CT molecular complexity index is 1880. The fraction of sp³-hybridized carbons (Fsp3) is 0.400. The lowest BCUT2D eigenvalue weighted by Crippen LogP contribution is -2.51. The molecule has 1 atom stereocenters. The summed E-state index contributed by atoms with van der Waals surface area (Å²) < 4.78 is 12.5. The normalized spacial score (nSPS) is 17.6. The number of rotatable bonds is 7. The van der Waals surface area contributed by atoms with Crippen LogP contribution in [-0.4, -0.2) is 69.1 Å². The van der Waals surface area contributed by atoms with Gasteiger partial charge in [0.05, 0.1) is 40.6 Å². The van der Waals surface area contributed by atoms with Gasteiger partial charge < -0.3 is 14.6 Å². The van der Waals surface area contributed by atoms with Crippen molar-refractivity contribution < 1.29 is 19.4 Å². The number of carboxylic acids is 1. The number of hydrogen-bond donors (Lipinski definition) is 2. The lowest BCUT2D eigenvalue weighted by molar-refractivity contribution is -0.160. The molecule has 8 nitrogen and oxygen atoms in total. The first-order valence-corrected chi connectivity index (χ1v) is 16.7. The van der Waals surface area contributed by atoms with E-state index in [9.17, 15) is 9.90 Å². The lowest BCUT2D eigenvalue weighted by atomic mass is 9.90. The largest absolute Gasteiger partial charge is 0.479 e. The van der Waals surface area contributed by atoms with Crippen LogP contribution in [0, 0.1) is 6.92 Å². The smallest absolute Gasteiger partial charge is 0.337 e. The Morgan fingerprint density at radius 2 is 1.80 bits per heavy atom. The molecule has 2 N–H and O–H groups in total. The number of piperidine rings is 1. The third-order valence-electron chi connectivity index (χ3n) is 8.92. The number of likely N-dealkylation sites (tertiary alicyclic amines) is 1. The van der Waals surface area contributed by atoms with E-state index >= 15 is 0 Å². The second-order valence-electron chi connectivity index (χ2n) is 13.2. The van der Waals surface area contributed by atoms with Gasteiger partial charge in [0.1, 0.15) is 5.01 Å². The van der Waals surface area contributed by atoms with Gasteiger partial charge in [-0.1, -0.05) is 23.7 Å². The molecule has 7 rings (SSSR count). The zero-order valence-electron chi connectivity index (χ0n) is 25.9. The highest BCUT2D eigenvalue weighted by atomic mass is 35.5. The highest BCUT2D eigenvalue weighted by Crippen LogP contribution is 2.45. The zero-order valence-corrected chi connectivity index (χ0v) is 27.5. The number of ether oxygens (including phenoxy) is 2. The predicted octanol–water partition coefficient (Wildman–Crippen LogP) is 7.99. The van der Waals surface area contributed by atoms with Gasteiger partial charge in [0.15, 0.2) is 6.10 Å². The molecule has 0 bridgehead atoms. The minimum absolute atomic E-state index is 0.426. The van der Waals surface area contributed by atoms with Crippen LogP contribution >= 0.6 is 22.9 Å². The molecule has 3 aromatic carbocycles. The molecule has 1 unspecified atom stereocenters. The molecule has 2 fully saturated rings. The topological polar surface area (TPSA) is 101 Å². The third-order valence-corrected chi connectivity index (χ3v) is 10.3. The van der Waals surface area contributed by atoms with E-state index in [-0.39, 0.29) is 0 Å². The Labute approximate surface area is 271 Å². The summed E-state index contributed by atoms with van der Waals surface area (Å²) in [5.41, 5.74) is 6.45. The van der Waals surface area contributed by atoms with Gasteiger partial charge in [0, 0.05) is 38.7 Å². The van der Waals surface area contributed by atoms with Gasteiger partial charge >= 0.3 is 5.97 Å². The molecule has 2 saturated heterocycles. The number of benzene rings is 3. The van der Waals surface area contributed by atoms with Gasteiger partial charge in [-0.05, 0) is 101 Å². The number of aromatic amines is 1. The van der Waals surface area contributed by atoms with Crippen LogP contribution in [0.4, 0.5) is 0 Å². The highest BCUT2D eigenvalue weighted by Gasteiger charge is 2.33. The Morgan fingerprint density at radius 3 is 2.44 bits per heavy atom. The fourth-order valence-corrected chi connectivity index (χ4v) is 7.87. The molecule has 4 heterocycles. The Hall–Kier alpha value is -3.34. The molecule has 0 radical (unpaired) electrons. The van der Waals surface area contributed by atoms with Crippen LogP contribution in [0.3, 0.4) is 0 Å². The maximum atomic E-state index is 12.7. The number of fused-ring (bicyclic) bond motifs is 2. The average Bonchev–Trinajstić information content (AvgIpc) is 3.59. The van der Waals surface area contributed by atoms with Crippen molar-refractivity contribution in [2.24, 2.45) is 0 Å². The summed E-state index contributed by atoms with van der Waals surface area (Å²) in [4.78, 5) is 20.3. The molecule has 2 aromatic heterocycles. The molecule has 2 aliphatic rings. The van der Waals surface area contributed by atoms with Crippen molar-refractivity contribution in [3.05, 3.63) is 70.4 Å². The highest BCUT2D eigenvalue weighted by molar-refractivity contribution is 7.22. The molecule has 5 aromatic rings. The van der Waals surface area contributed by atoms with Crippen molar-refractivity contribution >= 4 is 50.0 Å². The van der Waals surface area contributed by atoms with E-state index < -0.39 is 17.7 Å². The first-order chi connectivity index (χ1) is 21.6. The Balaban J connectivity index is 1.31. The number of carboxylic acid groups (broad SMARTS) is 1. The van der Waals surface area contributed by atoms with E-state index in [1.165, 1.54) is 5.69 Å². The van der Waals surface area contributed by atoms with Crippen LogP contribution in [-0.2, 0) is 14.3 Å². The maximum absolute atomic E-state index is 12.7. The molecule has 234 valence electrons. The van der Waals surface area contributed by atoms with E-state index in [2.05, 4.69) is 33.3 Å². The number of aromatic nitrogens is 3. The van der Waals surface area contributed by atoms with Gasteiger partial charge in [-0.3, -0.25) is 10.00 Å². The van der Waals surface area contributed by atoms with Crippen molar-refractivity contribution in [1.82, 2.24) is 20.1 Å². The average molecular weight is 645 g/mol. The number of halogens is 1. The first kappa shape index (κ1) is 30.3. The summed E-state index contributed by atoms with van der Waals surface area (Å²) in [5.74, 6) is -0.604. The molecule has 45 heavy (non-hydrogen) atoms. The monoisotopic (exact) mass is 644 g/mol. The molecule has 0 spiro atoms. The zero-order chi connectivity index (χ0) is 31.5. The lowest BCUT2D eigenvalue weighted by Gasteiger charge is -2.41. The van der Waals surface area contributed by atoms with Crippen LogP contribution in [0.1, 0.15) is 62.5 Å². The van der Waals surface area contributed by atoms with Crippen molar-refractivity contribution in [2.45, 2.75) is 64.2 Å². The summed E-state index contributed by atoms with van der Waals surface area (Å²) >= 11 is 7.84. The van der Waals surface area contributed by atoms with Gasteiger partial charge in [-0.25, -0.2) is 9.78 Å². The van der Waals surface area contributed by atoms with E-state index in [0.29, 0.717) is 22.5 Å². The number of nitrogens with zero attached hydrogens (tertiary/aromatic N) is 3. The second-order valence-corrected chi connectivity index (χ2v) is 14.6. The van der Waals surface area contributed by atoms with Crippen molar-refractivity contribution in [3.8, 4) is 21.7 Å². The summed E-state index contributed by atoms with van der Waals surface area (Å²) in [6.07, 6.45) is 1.03. The van der Waals surface area contributed by atoms with Gasteiger partial charge in [-0.2, -0.15) is 5.10 Å². The Morgan fingerprint density at radius 1 is 1.09 bits per heavy atom. The number of aryl methyl sites for hydroxylation is 1. The summed E-state index contributed by atoms with van der Waals surface area (Å²) in [7, 11) is 0. The van der Waals surface area contributed by atoms with Crippen molar-refractivity contribution in [1.29, 1.82) is 0 Å².